The number of ether oxygens (including phenoxy) is 2. The topological polar surface area (TPSA) is 64.6 Å². The van der Waals surface area contributed by atoms with Gasteiger partial charge in [-0.3, -0.25) is 0 Å². The van der Waals surface area contributed by atoms with Crippen molar-refractivity contribution < 1.29 is 19.1 Å². The van der Waals surface area contributed by atoms with Gasteiger partial charge in [0.25, 0.3) is 0 Å². The van der Waals surface area contributed by atoms with Crippen LogP contribution in [0.4, 0.5) is 4.79 Å². The number of amides is 1. The minimum Gasteiger partial charge on any atom is -0.458 e. The van der Waals surface area contributed by atoms with Crippen LogP contribution >= 0.6 is 0 Å². The molecule has 5 heteroatoms. The Morgan fingerprint density at radius 3 is 2.62 bits per heavy atom. The summed E-state index contributed by atoms with van der Waals surface area (Å²) in [5.41, 5.74) is 0. The highest BCUT2D eigenvalue weighted by Crippen LogP contribution is 2.22. The molecule has 2 atom stereocenters. The first-order valence-electron chi connectivity index (χ1n) is 4.11. The van der Waals surface area contributed by atoms with E-state index in [1.807, 2.05) is 13.8 Å². The molecule has 1 amide bonds. The number of cyclic esters (lactones) is 1. The van der Waals surface area contributed by atoms with Crippen LogP contribution in [0.5, 0.6) is 0 Å². The lowest BCUT2D eigenvalue weighted by Gasteiger charge is -2.37. The minimum atomic E-state index is -0.604. The van der Waals surface area contributed by atoms with Crippen LogP contribution in [0.1, 0.15) is 13.8 Å². The van der Waals surface area contributed by atoms with Crippen LogP contribution in [-0.4, -0.2) is 31.3 Å². The largest absolute Gasteiger partial charge is 0.458 e. The molecular weight excluding hydrogens is 174 g/mol. The Hall–Kier alpha value is -1.26. The van der Waals surface area contributed by atoms with E-state index in [2.05, 4.69) is 10.1 Å². The summed E-state index contributed by atoms with van der Waals surface area (Å²) in [5.74, 6) is -0.205. The van der Waals surface area contributed by atoms with Gasteiger partial charge < -0.3 is 14.8 Å². The number of carbonyl (C=O) groups excluding carboxylic acids is 2. The maximum absolute atomic E-state index is 10.9. The molecule has 0 spiro atoms. The van der Waals surface area contributed by atoms with Crippen molar-refractivity contribution in [2.24, 2.45) is 5.92 Å². The van der Waals surface area contributed by atoms with E-state index in [0.29, 0.717) is 0 Å². The van der Waals surface area contributed by atoms with Gasteiger partial charge in [-0.15, -0.1) is 0 Å². The standard InChI is InChI=1S/C8H13NO4/c1-4(2)6-5(7(10)13-6)9-8(11)12-3/h4-6H,1-3H3,(H,9,11)/t5-,6-/m0/s1. The number of esters is 1. The molecule has 13 heavy (non-hydrogen) atoms. The summed E-state index contributed by atoms with van der Waals surface area (Å²) in [7, 11) is 1.25. The molecular formula is C8H13NO4. The SMILES string of the molecule is COC(=O)N[C@@H]1C(=O)O[C@H]1C(C)C. The van der Waals surface area contributed by atoms with Gasteiger partial charge in [0.2, 0.25) is 0 Å². The molecule has 74 valence electrons. The zero-order valence-electron chi connectivity index (χ0n) is 7.87. The third-order valence-electron chi connectivity index (χ3n) is 1.95. The second kappa shape index (κ2) is 3.64. The van der Waals surface area contributed by atoms with Gasteiger partial charge in [-0.2, -0.15) is 0 Å². The van der Waals surface area contributed by atoms with Crippen LogP contribution in [0.3, 0.4) is 0 Å². The summed E-state index contributed by atoms with van der Waals surface area (Å²) in [6.45, 7) is 3.84. The van der Waals surface area contributed by atoms with E-state index in [1.54, 1.807) is 0 Å². The first kappa shape index (κ1) is 9.83. The second-order valence-corrected chi connectivity index (χ2v) is 3.26. The zero-order valence-corrected chi connectivity index (χ0v) is 7.87. The molecule has 1 fully saturated rings. The van der Waals surface area contributed by atoms with Crippen LogP contribution in [-0.2, 0) is 14.3 Å². The Balaban J connectivity index is 2.47. The van der Waals surface area contributed by atoms with E-state index in [4.69, 9.17) is 4.74 Å². The van der Waals surface area contributed by atoms with Crippen molar-refractivity contribution in [1.29, 1.82) is 0 Å². The molecule has 0 aromatic heterocycles. The molecule has 1 N–H and O–H groups in total. The van der Waals surface area contributed by atoms with Gasteiger partial charge in [-0.1, -0.05) is 13.8 Å². The van der Waals surface area contributed by atoms with Crippen LogP contribution in [0, 0.1) is 5.92 Å². The third kappa shape index (κ3) is 1.91. The fraction of sp³-hybridized carbons (Fsp3) is 0.750. The van der Waals surface area contributed by atoms with Gasteiger partial charge in [-0.05, 0) is 5.92 Å². The lowest BCUT2D eigenvalue weighted by atomic mass is 9.95. The molecule has 0 unspecified atom stereocenters. The van der Waals surface area contributed by atoms with Crippen molar-refractivity contribution >= 4 is 12.1 Å². The summed E-state index contributed by atoms with van der Waals surface area (Å²) in [4.78, 5) is 21.7. The first-order valence-corrected chi connectivity index (χ1v) is 4.11. The molecule has 0 saturated carbocycles. The van der Waals surface area contributed by atoms with E-state index in [0.717, 1.165) is 0 Å². The van der Waals surface area contributed by atoms with Gasteiger partial charge in [0.05, 0.1) is 7.11 Å². The summed E-state index contributed by atoms with van der Waals surface area (Å²) < 4.78 is 9.22. The fourth-order valence-corrected chi connectivity index (χ4v) is 1.19. The van der Waals surface area contributed by atoms with Gasteiger partial charge in [0.15, 0.2) is 6.04 Å². The molecule has 1 rings (SSSR count). The molecule has 0 radical (unpaired) electrons. The van der Waals surface area contributed by atoms with E-state index in [9.17, 15) is 9.59 Å². The number of nitrogens with one attached hydrogen (secondary N) is 1. The maximum Gasteiger partial charge on any atom is 0.407 e. The average molecular weight is 187 g/mol. The number of rotatable bonds is 2. The van der Waals surface area contributed by atoms with Crippen LogP contribution < -0.4 is 5.32 Å². The smallest absolute Gasteiger partial charge is 0.407 e. The lowest BCUT2D eigenvalue weighted by molar-refractivity contribution is -0.181. The molecule has 0 aromatic carbocycles. The van der Waals surface area contributed by atoms with Gasteiger partial charge in [0, 0.05) is 0 Å². The van der Waals surface area contributed by atoms with Crippen molar-refractivity contribution in [1.82, 2.24) is 5.32 Å². The van der Waals surface area contributed by atoms with Gasteiger partial charge >= 0.3 is 12.1 Å². The average Bonchev–Trinajstić information content (AvgIpc) is 2.09. The van der Waals surface area contributed by atoms with Crippen molar-refractivity contribution in [3.63, 3.8) is 0 Å². The first-order chi connectivity index (χ1) is 6.06. The predicted octanol–water partition coefficient (Wildman–Crippen LogP) is 0.292. The van der Waals surface area contributed by atoms with E-state index < -0.39 is 18.1 Å². The number of carbonyl (C=O) groups is 2. The second-order valence-electron chi connectivity index (χ2n) is 3.26. The minimum absolute atomic E-state index is 0.194. The van der Waals surface area contributed by atoms with Crippen molar-refractivity contribution in [2.45, 2.75) is 26.0 Å². The summed E-state index contributed by atoms with van der Waals surface area (Å²) in [6.07, 6.45) is -0.834. The monoisotopic (exact) mass is 187 g/mol. The molecule has 0 aromatic rings. The summed E-state index contributed by atoms with van der Waals surface area (Å²) >= 11 is 0. The molecule has 0 aliphatic carbocycles. The molecule has 1 aliphatic heterocycles. The van der Waals surface area contributed by atoms with Crippen molar-refractivity contribution in [2.75, 3.05) is 7.11 Å². The third-order valence-corrected chi connectivity index (χ3v) is 1.95. The molecule has 1 saturated heterocycles. The zero-order chi connectivity index (χ0) is 10.0. The maximum atomic E-state index is 10.9. The molecule has 1 aliphatic rings. The number of methoxy groups -OCH3 is 1. The van der Waals surface area contributed by atoms with Crippen LogP contribution in [0.2, 0.25) is 0 Å². The number of hydrogen-bond acceptors (Lipinski definition) is 4. The van der Waals surface area contributed by atoms with E-state index >= 15 is 0 Å². The Morgan fingerprint density at radius 2 is 2.23 bits per heavy atom. The lowest BCUT2D eigenvalue weighted by Crippen LogP contribution is -2.61. The Labute approximate surface area is 76.4 Å². The van der Waals surface area contributed by atoms with Crippen LogP contribution in [0.15, 0.2) is 0 Å². The van der Waals surface area contributed by atoms with Crippen molar-refractivity contribution in [3.8, 4) is 0 Å². The van der Waals surface area contributed by atoms with Gasteiger partial charge in [-0.25, -0.2) is 9.59 Å². The van der Waals surface area contributed by atoms with E-state index in [1.165, 1.54) is 7.11 Å². The van der Waals surface area contributed by atoms with Gasteiger partial charge in [0.1, 0.15) is 6.10 Å². The Morgan fingerprint density at radius 1 is 1.62 bits per heavy atom. The summed E-state index contributed by atoms with van der Waals surface area (Å²) in [6, 6.07) is -0.549. The van der Waals surface area contributed by atoms with Crippen molar-refractivity contribution in [3.05, 3.63) is 0 Å². The predicted molar refractivity (Wildman–Crippen MR) is 44.0 cm³/mol. The quantitative estimate of drug-likeness (QED) is 0.631. The number of hydrogen-bond donors (Lipinski definition) is 1. The number of alkyl carbamates (subject to hydrolysis) is 1. The van der Waals surface area contributed by atoms with Crippen LogP contribution in [0.25, 0.3) is 0 Å². The molecule has 5 nitrogen and oxygen atoms in total. The molecule has 1 heterocycles. The fourth-order valence-electron chi connectivity index (χ4n) is 1.19. The molecule has 0 bridgehead atoms. The highest BCUT2D eigenvalue weighted by atomic mass is 16.6. The highest BCUT2D eigenvalue weighted by Gasteiger charge is 2.45. The van der Waals surface area contributed by atoms with E-state index in [-0.39, 0.29) is 12.0 Å². The Kier molecular flexibility index (Phi) is 2.75. The Bertz CT molecular complexity index is 226. The normalized spacial score (nSPS) is 26.3. The summed E-state index contributed by atoms with van der Waals surface area (Å²) in [5, 5.41) is 2.41. The highest BCUT2D eigenvalue weighted by molar-refractivity contribution is 5.86.